The average Bonchev–Trinajstić information content (AvgIpc) is 2.97. The lowest BCUT2D eigenvalue weighted by Gasteiger charge is -2.02. The van der Waals surface area contributed by atoms with Gasteiger partial charge in [-0.2, -0.15) is 4.98 Å². The molecule has 0 aliphatic carbocycles. The van der Waals surface area contributed by atoms with E-state index in [1.54, 1.807) is 0 Å². The summed E-state index contributed by atoms with van der Waals surface area (Å²) in [5.41, 5.74) is 2.04. The van der Waals surface area contributed by atoms with Crippen molar-refractivity contribution in [3.05, 3.63) is 34.1 Å². The van der Waals surface area contributed by atoms with Crippen LogP contribution in [0, 0.1) is 6.92 Å². The van der Waals surface area contributed by atoms with Crippen LogP contribution in [0.25, 0.3) is 11.4 Å². The van der Waals surface area contributed by atoms with Gasteiger partial charge in [0.05, 0.1) is 12.1 Å². The molecule has 19 heavy (non-hydrogen) atoms. The molecule has 2 N–H and O–H groups in total. The number of nitrogens with zero attached hydrogens (tertiary/aromatic N) is 2. The molecule has 0 radical (unpaired) electrons. The maximum absolute atomic E-state index is 9.50. The number of aliphatic hydroxyl groups excluding tert-OH is 1. The number of nitrogens with one attached hydrogen (secondary N) is 1. The van der Waals surface area contributed by atoms with Crippen molar-refractivity contribution >= 4 is 15.9 Å². The molecule has 6 heteroatoms. The molecule has 0 bridgehead atoms. The Labute approximate surface area is 119 Å². The number of aliphatic hydroxyl groups is 1. The zero-order valence-corrected chi connectivity index (χ0v) is 12.0. The number of aromatic nitrogens is 2. The van der Waals surface area contributed by atoms with Crippen LogP contribution in [0.4, 0.5) is 0 Å². The van der Waals surface area contributed by atoms with Crippen LogP contribution in [0.2, 0.25) is 0 Å². The van der Waals surface area contributed by atoms with Crippen LogP contribution in [0.3, 0.4) is 0 Å². The molecule has 100 valence electrons. The molecule has 0 amide bonds. The van der Waals surface area contributed by atoms with E-state index in [4.69, 9.17) is 4.52 Å². The Morgan fingerprint density at radius 3 is 3.00 bits per heavy atom. The van der Waals surface area contributed by atoms with Crippen LogP contribution in [0.15, 0.2) is 27.2 Å². The smallest absolute Gasteiger partial charge is 0.244 e. The van der Waals surface area contributed by atoms with Crippen LogP contribution in [0.5, 0.6) is 0 Å². The van der Waals surface area contributed by atoms with Crippen LogP contribution >= 0.6 is 15.9 Å². The largest absolute Gasteiger partial charge is 0.392 e. The molecule has 1 aromatic heterocycles. The zero-order chi connectivity index (χ0) is 13.4. The lowest BCUT2D eigenvalue weighted by Crippen LogP contribution is -2.15. The first-order valence-corrected chi connectivity index (χ1v) is 6.94. The summed E-state index contributed by atoms with van der Waals surface area (Å²) in [5.74, 6) is 1.12. The highest BCUT2D eigenvalue weighted by Gasteiger charge is 2.28. The predicted octanol–water partition coefficient (Wildman–Crippen LogP) is 2.20. The minimum Gasteiger partial charge on any atom is -0.392 e. The van der Waals surface area contributed by atoms with Gasteiger partial charge in [-0.1, -0.05) is 21.1 Å². The molecule has 0 unspecified atom stereocenters. The summed E-state index contributed by atoms with van der Waals surface area (Å²) in [6.45, 7) is 2.58. The third kappa shape index (κ3) is 2.56. The summed E-state index contributed by atoms with van der Waals surface area (Å²) in [6, 6.07) is 5.89. The standard InChI is InChI=1S/C13H14BrN3O2/c1-7-4-8(14)2-3-10(7)12-16-13(19-17-12)11-5-9(18)6-15-11/h2-4,9,11,15,18H,5-6H2,1H3/t9-,11-/m1/s1. The molecule has 1 aromatic carbocycles. The number of β-amino-alcohol motifs (C(OH)–C–C–N with tert-alkyl or cyclic N) is 1. The van der Waals surface area contributed by atoms with E-state index in [1.807, 2.05) is 25.1 Å². The van der Waals surface area contributed by atoms with Crippen LogP contribution in [-0.2, 0) is 0 Å². The highest BCUT2D eigenvalue weighted by atomic mass is 79.9. The van der Waals surface area contributed by atoms with Crippen molar-refractivity contribution < 1.29 is 9.63 Å². The Kier molecular flexibility index (Phi) is 3.38. The quantitative estimate of drug-likeness (QED) is 0.886. The van der Waals surface area contributed by atoms with Crippen molar-refractivity contribution in [2.75, 3.05) is 6.54 Å². The Bertz CT molecular complexity index is 599. The summed E-state index contributed by atoms with van der Waals surface area (Å²) in [5, 5.41) is 16.7. The maximum Gasteiger partial charge on any atom is 0.244 e. The molecule has 5 nitrogen and oxygen atoms in total. The topological polar surface area (TPSA) is 71.2 Å². The van der Waals surface area contributed by atoms with E-state index in [9.17, 15) is 5.11 Å². The SMILES string of the molecule is Cc1cc(Br)ccc1-c1noc([C@H]2C[C@@H](O)CN2)n1. The van der Waals surface area contributed by atoms with E-state index in [1.165, 1.54) is 0 Å². The molecule has 1 fully saturated rings. The van der Waals surface area contributed by atoms with Crippen LogP contribution in [-0.4, -0.2) is 27.9 Å². The lowest BCUT2D eigenvalue weighted by molar-refractivity contribution is 0.191. The highest BCUT2D eigenvalue weighted by molar-refractivity contribution is 9.10. The summed E-state index contributed by atoms with van der Waals surface area (Å²) in [6.07, 6.45) is 0.274. The van der Waals surface area contributed by atoms with E-state index in [0.717, 1.165) is 15.6 Å². The summed E-state index contributed by atoms with van der Waals surface area (Å²) >= 11 is 3.43. The Morgan fingerprint density at radius 2 is 2.32 bits per heavy atom. The van der Waals surface area contributed by atoms with Crippen LogP contribution in [0.1, 0.15) is 23.9 Å². The molecule has 2 atom stereocenters. The fraction of sp³-hybridized carbons (Fsp3) is 0.385. The summed E-state index contributed by atoms with van der Waals surface area (Å²) in [7, 11) is 0. The van der Waals surface area contributed by atoms with Gasteiger partial charge in [0, 0.05) is 16.6 Å². The van der Waals surface area contributed by atoms with Gasteiger partial charge in [0.15, 0.2) is 0 Å². The monoisotopic (exact) mass is 323 g/mol. The Morgan fingerprint density at radius 1 is 1.47 bits per heavy atom. The van der Waals surface area contributed by atoms with Crippen molar-refractivity contribution in [3.8, 4) is 11.4 Å². The van der Waals surface area contributed by atoms with Crippen molar-refractivity contribution in [2.45, 2.75) is 25.5 Å². The van der Waals surface area contributed by atoms with Gasteiger partial charge in [-0.15, -0.1) is 0 Å². The fourth-order valence-electron chi connectivity index (χ4n) is 2.27. The van der Waals surface area contributed by atoms with Crippen molar-refractivity contribution in [1.82, 2.24) is 15.5 Å². The predicted molar refractivity (Wildman–Crippen MR) is 73.5 cm³/mol. The fourth-order valence-corrected chi connectivity index (χ4v) is 2.74. The van der Waals surface area contributed by atoms with Crippen LogP contribution < -0.4 is 5.32 Å². The Balaban J connectivity index is 1.88. The molecule has 2 heterocycles. The molecule has 2 aromatic rings. The van der Waals surface area contributed by atoms with E-state index in [-0.39, 0.29) is 12.1 Å². The summed E-state index contributed by atoms with van der Waals surface area (Å²) < 4.78 is 6.32. The molecular formula is C13H14BrN3O2. The minimum atomic E-state index is -0.338. The third-order valence-electron chi connectivity index (χ3n) is 3.28. The summed E-state index contributed by atoms with van der Waals surface area (Å²) in [4.78, 5) is 4.42. The van der Waals surface area contributed by atoms with Crippen molar-refractivity contribution in [2.24, 2.45) is 0 Å². The van der Waals surface area contributed by atoms with E-state index in [0.29, 0.717) is 24.7 Å². The van der Waals surface area contributed by atoms with Crippen molar-refractivity contribution in [1.29, 1.82) is 0 Å². The van der Waals surface area contributed by atoms with E-state index in [2.05, 4.69) is 31.4 Å². The molecular weight excluding hydrogens is 310 g/mol. The second-order valence-electron chi connectivity index (χ2n) is 4.77. The number of hydrogen-bond acceptors (Lipinski definition) is 5. The molecule has 1 saturated heterocycles. The zero-order valence-electron chi connectivity index (χ0n) is 10.4. The normalized spacial score (nSPS) is 22.9. The lowest BCUT2D eigenvalue weighted by atomic mass is 10.1. The van der Waals surface area contributed by atoms with Gasteiger partial charge in [-0.05, 0) is 37.1 Å². The number of halogens is 1. The first kappa shape index (κ1) is 12.8. The van der Waals surface area contributed by atoms with Gasteiger partial charge in [0.1, 0.15) is 0 Å². The minimum absolute atomic E-state index is 0.0491. The maximum atomic E-state index is 9.50. The second-order valence-corrected chi connectivity index (χ2v) is 5.68. The first-order valence-electron chi connectivity index (χ1n) is 6.15. The highest BCUT2D eigenvalue weighted by Crippen LogP contribution is 2.27. The van der Waals surface area contributed by atoms with Gasteiger partial charge >= 0.3 is 0 Å². The average molecular weight is 324 g/mol. The molecule has 3 rings (SSSR count). The van der Waals surface area contributed by atoms with Gasteiger partial charge in [0.25, 0.3) is 0 Å². The van der Waals surface area contributed by atoms with Gasteiger partial charge in [0.2, 0.25) is 11.7 Å². The Hall–Kier alpha value is -1.24. The van der Waals surface area contributed by atoms with Gasteiger partial charge < -0.3 is 14.9 Å². The van der Waals surface area contributed by atoms with E-state index < -0.39 is 0 Å². The third-order valence-corrected chi connectivity index (χ3v) is 3.77. The number of aryl methyl sites for hydroxylation is 1. The molecule has 1 aliphatic rings. The van der Waals surface area contributed by atoms with Crippen molar-refractivity contribution in [3.63, 3.8) is 0 Å². The molecule has 0 saturated carbocycles. The van der Waals surface area contributed by atoms with Gasteiger partial charge in [-0.3, -0.25) is 0 Å². The number of hydrogen-bond donors (Lipinski definition) is 2. The van der Waals surface area contributed by atoms with Gasteiger partial charge in [-0.25, -0.2) is 0 Å². The number of rotatable bonds is 2. The second kappa shape index (κ2) is 5.03. The number of benzene rings is 1. The van der Waals surface area contributed by atoms with E-state index >= 15 is 0 Å². The molecule has 0 spiro atoms. The first-order chi connectivity index (χ1) is 9.13. The molecule has 1 aliphatic heterocycles.